The number of rotatable bonds is 5. The van der Waals surface area contributed by atoms with Crippen molar-refractivity contribution < 1.29 is 4.79 Å². The number of hydrogen-bond acceptors (Lipinski definition) is 4. The molecule has 0 radical (unpaired) electrons. The Morgan fingerprint density at radius 1 is 1.00 bits per heavy atom. The zero-order valence-electron chi connectivity index (χ0n) is 18.5. The highest BCUT2D eigenvalue weighted by atomic mass is 16.2. The van der Waals surface area contributed by atoms with Crippen LogP contribution >= 0.6 is 0 Å². The molecule has 7 heteroatoms. The standard InChI is InChI=1S/C24H32N4O3/c1-18-22(23(30)25(2)24(31)28(18)20-10-4-3-5-11-20)27-16-14-26(15-17-27)21(29)13-12-19-8-6-7-9-19/h3-5,10-11,19H,6-9,12-17H2,1-2H3. The lowest BCUT2D eigenvalue weighted by Gasteiger charge is -2.37. The Hall–Kier alpha value is -2.83. The number of hydrogen-bond donors (Lipinski definition) is 0. The Labute approximate surface area is 182 Å². The van der Waals surface area contributed by atoms with Crippen LogP contribution in [0.2, 0.25) is 0 Å². The van der Waals surface area contributed by atoms with Crippen LogP contribution in [0.4, 0.5) is 5.69 Å². The van der Waals surface area contributed by atoms with Crippen LogP contribution in [-0.2, 0) is 11.8 Å². The zero-order valence-corrected chi connectivity index (χ0v) is 18.5. The van der Waals surface area contributed by atoms with E-state index in [0.717, 1.165) is 18.0 Å². The van der Waals surface area contributed by atoms with Crippen LogP contribution in [0, 0.1) is 12.8 Å². The second kappa shape index (κ2) is 9.12. The molecule has 0 N–H and O–H groups in total. The fourth-order valence-electron chi connectivity index (χ4n) is 5.01. The summed E-state index contributed by atoms with van der Waals surface area (Å²) < 4.78 is 2.77. The number of carbonyl (C=O) groups is 1. The van der Waals surface area contributed by atoms with Gasteiger partial charge in [0.05, 0.1) is 11.4 Å². The first-order valence-electron chi connectivity index (χ1n) is 11.4. The molecule has 4 rings (SSSR count). The second-order valence-electron chi connectivity index (χ2n) is 8.81. The van der Waals surface area contributed by atoms with Crippen molar-refractivity contribution in [1.82, 2.24) is 14.0 Å². The molecule has 0 bridgehead atoms. The van der Waals surface area contributed by atoms with E-state index in [1.165, 1.54) is 37.3 Å². The van der Waals surface area contributed by atoms with Gasteiger partial charge in [-0.25, -0.2) is 4.79 Å². The van der Waals surface area contributed by atoms with E-state index in [0.29, 0.717) is 44.0 Å². The van der Waals surface area contributed by atoms with Crippen LogP contribution in [0.1, 0.15) is 44.2 Å². The molecule has 0 spiro atoms. The summed E-state index contributed by atoms with van der Waals surface area (Å²) in [5.74, 6) is 0.945. The van der Waals surface area contributed by atoms with Gasteiger partial charge in [-0.3, -0.25) is 18.7 Å². The molecule has 7 nitrogen and oxygen atoms in total. The lowest BCUT2D eigenvalue weighted by Crippen LogP contribution is -2.52. The number of anilines is 1. The van der Waals surface area contributed by atoms with Gasteiger partial charge in [0.25, 0.3) is 5.56 Å². The molecule has 31 heavy (non-hydrogen) atoms. The molecule has 0 unspecified atom stereocenters. The average molecular weight is 425 g/mol. The highest BCUT2D eigenvalue weighted by Gasteiger charge is 2.27. The van der Waals surface area contributed by atoms with E-state index in [4.69, 9.17) is 0 Å². The van der Waals surface area contributed by atoms with Crippen molar-refractivity contribution in [3.05, 3.63) is 56.9 Å². The van der Waals surface area contributed by atoms with E-state index in [-0.39, 0.29) is 17.2 Å². The zero-order chi connectivity index (χ0) is 22.0. The predicted octanol–water partition coefficient (Wildman–Crippen LogP) is 2.46. The normalized spacial score (nSPS) is 17.4. The summed E-state index contributed by atoms with van der Waals surface area (Å²) in [5.41, 5.74) is 1.29. The van der Waals surface area contributed by atoms with E-state index in [1.54, 1.807) is 4.57 Å². The SMILES string of the molecule is Cc1c(N2CCN(C(=O)CCC3CCCC3)CC2)c(=O)n(C)c(=O)n1-c1ccccc1. The molecule has 1 aromatic carbocycles. The Balaban J connectivity index is 1.50. The largest absolute Gasteiger partial charge is 0.362 e. The lowest BCUT2D eigenvalue weighted by atomic mass is 10.0. The molecule has 166 valence electrons. The van der Waals surface area contributed by atoms with Crippen LogP contribution in [0.5, 0.6) is 0 Å². The van der Waals surface area contributed by atoms with Gasteiger partial charge in [-0.1, -0.05) is 43.9 Å². The Morgan fingerprint density at radius 3 is 2.29 bits per heavy atom. The molecule has 2 aromatic rings. The number of carbonyl (C=O) groups excluding carboxylic acids is 1. The first-order valence-corrected chi connectivity index (χ1v) is 11.4. The molecule has 1 saturated carbocycles. The molecular weight excluding hydrogens is 392 g/mol. The summed E-state index contributed by atoms with van der Waals surface area (Å²) in [7, 11) is 1.52. The summed E-state index contributed by atoms with van der Waals surface area (Å²) in [6.07, 6.45) is 6.76. The van der Waals surface area contributed by atoms with Crippen molar-refractivity contribution in [2.45, 2.75) is 45.4 Å². The topological polar surface area (TPSA) is 67.6 Å². The highest BCUT2D eigenvalue weighted by Crippen LogP contribution is 2.29. The van der Waals surface area contributed by atoms with Crippen LogP contribution in [0.25, 0.3) is 5.69 Å². The Morgan fingerprint density at radius 2 is 1.65 bits per heavy atom. The third kappa shape index (κ3) is 4.31. The summed E-state index contributed by atoms with van der Waals surface area (Å²) in [5, 5.41) is 0. The van der Waals surface area contributed by atoms with Gasteiger partial charge in [0, 0.05) is 39.6 Å². The maximum Gasteiger partial charge on any atom is 0.335 e. The minimum absolute atomic E-state index is 0.227. The van der Waals surface area contributed by atoms with Gasteiger partial charge < -0.3 is 9.80 Å². The van der Waals surface area contributed by atoms with Crippen molar-refractivity contribution in [3.63, 3.8) is 0 Å². The summed E-state index contributed by atoms with van der Waals surface area (Å²) in [6.45, 7) is 4.23. The summed E-state index contributed by atoms with van der Waals surface area (Å²) in [6, 6.07) is 9.38. The van der Waals surface area contributed by atoms with Crippen LogP contribution in [0.15, 0.2) is 39.9 Å². The average Bonchev–Trinajstić information content (AvgIpc) is 3.31. The Kier molecular flexibility index (Phi) is 6.30. The van der Waals surface area contributed by atoms with Gasteiger partial charge in [-0.2, -0.15) is 0 Å². The first kappa shape index (κ1) is 21.4. The number of para-hydroxylation sites is 1. The highest BCUT2D eigenvalue weighted by molar-refractivity contribution is 5.76. The van der Waals surface area contributed by atoms with E-state index in [2.05, 4.69) is 0 Å². The van der Waals surface area contributed by atoms with Gasteiger partial charge >= 0.3 is 5.69 Å². The number of benzene rings is 1. The van der Waals surface area contributed by atoms with E-state index >= 15 is 0 Å². The third-order valence-corrected chi connectivity index (χ3v) is 6.87. The van der Waals surface area contributed by atoms with Crippen LogP contribution in [0.3, 0.4) is 0 Å². The van der Waals surface area contributed by atoms with Crippen LogP contribution in [-0.4, -0.2) is 46.1 Å². The smallest absolute Gasteiger partial charge is 0.335 e. The maximum absolute atomic E-state index is 13.0. The molecule has 1 aromatic heterocycles. The quantitative estimate of drug-likeness (QED) is 0.740. The molecule has 1 aliphatic heterocycles. The minimum Gasteiger partial charge on any atom is -0.362 e. The fraction of sp³-hybridized carbons (Fsp3) is 0.542. The van der Waals surface area contributed by atoms with Gasteiger partial charge in [0.15, 0.2) is 0 Å². The molecular formula is C24H32N4O3. The lowest BCUT2D eigenvalue weighted by molar-refractivity contribution is -0.131. The van der Waals surface area contributed by atoms with Gasteiger partial charge in [-0.05, 0) is 31.4 Å². The molecule has 1 aliphatic carbocycles. The molecule has 1 amide bonds. The molecule has 0 atom stereocenters. The van der Waals surface area contributed by atoms with Crippen molar-refractivity contribution in [2.24, 2.45) is 13.0 Å². The van der Waals surface area contributed by atoms with E-state index in [1.807, 2.05) is 47.1 Å². The molecule has 2 aliphatic rings. The van der Waals surface area contributed by atoms with Gasteiger partial charge in [-0.15, -0.1) is 0 Å². The monoisotopic (exact) mass is 424 g/mol. The number of aromatic nitrogens is 2. The van der Waals surface area contributed by atoms with Gasteiger partial charge in [0.2, 0.25) is 5.91 Å². The molecule has 2 fully saturated rings. The second-order valence-corrected chi connectivity index (χ2v) is 8.81. The van der Waals surface area contributed by atoms with E-state index in [9.17, 15) is 14.4 Å². The number of piperazine rings is 1. The van der Waals surface area contributed by atoms with Crippen molar-refractivity contribution in [3.8, 4) is 5.69 Å². The van der Waals surface area contributed by atoms with Crippen molar-refractivity contribution in [2.75, 3.05) is 31.1 Å². The fourth-order valence-corrected chi connectivity index (χ4v) is 5.01. The summed E-state index contributed by atoms with van der Waals surface area (Å²) in [4.78, 5) is 42.4. The van der Waals surface area contributed by atoms with Gasteiger partial charge in [0.1, 0.15) is 5.69 Å². The maximum atomic E-state index is 13.0. The summed E-state index contributed by atoms with van der Waals surface area (Å²) >= 11 is 0. The predicted molar refractivity (Wildman–Crippen MR) is 122 cm³/mol. The van der Waals surface area contributed by atoms with Crippen LogP contribution < -0.4 is 16.1 Å². The first-order chi connectivity index (χ1) is 15.0. The Bertz CT molecular complexity index is 1040. The molecule has 2 heterocycles. The van der Waals surface area contributed by atoms with E-state index < -0.39 is 0 Å². The van der Waals surface area contributed by atoms with Crippen molar-refractivity contribution in [1.29, 1.82) is 0 Å². The molecule has 1 saturated heterocycles. The van der Waals surface area contributed by atoms with Crippen molar-refractivity contribution >= 4 is 11.6 Å². The number of amides is 1. The minimum atomic E-state index is -0.349. The number of nitrogens with zero attached hydrogens (tertiary/aromatic N) is 4. The third-order valence-electron chi connectivity index (χ3n) is 6.87.